The molecule has 1 aromatic rings. The maximum Gasteiger partial charge on any atom is 0.271 e. The highest BCUT2D eigenvalue weighted by molar-refractivity contribution is 5.58. The lowest BCUT2D eigenvalue weighted by Crippen LogP contribution is -2.33. The third-order valence-corrected chi connectivity index (χ3v) is 3.32. The molecule has 0 aromatic heterocycles. The van der Waals surface area contributed by atoms with E-state index >= 15 is 0 Å². The SMILES string of the molecule is Nc1cc([N+](=O)[O-])ccc1OCCN1CCCCC1. The van der Waals surface area contributed by atoms with Gasteiger partial charge in [-0.05, 0) is 32.0 Å². The zero-order valence-electron chi connectivity index (χ0n) is 10.9. The first-order chi connectivity index (χ1) is 9.16. The van der Waals surface area contributed by atoms with Crippen molar-refractivity contribution < 1.29 is 9.66 Å². The first-order valence-electron chi connectivity index (χ1n) is 6.56. The van der Waals surface area contributed by atoms with E-state index in [1.807, 2.05) is 0 Å². The number of nitrogens with zero attached hydrogens (tertiary/aromatic N) is 2. The first-order valence-corrected chi connectivity index (χ1v) is 6.56. The molecule has 1 aliphatic rings. The summed E-state index contributed by atoms with van der Waals surface area (Å²) in [6, 6.07) is 4.30. The van der Waals surface area contributed by atoms with Gasteiger partial charge in [-0.2, -0.15) is 0 Å². The minimum atomic E-state index is -0.464. The standard InChI is InChI=1S/C13H19N3O3/c14-12-10-11(16(17)18)4-5-13(12)19-9-8-15-6-2-1-3-7-15/h4-5,10H,1-3,6-9,14H2. The number of rotatable bonds is 5. The molecule has 0 amide bonds. The van der Waals surface area contributed by atoms with Crippen LogP contribution in [0.2, 0.25) is 0 Å². The van der Waals surface area contributed by atoms with Crippen LogP contribution in [0.5, 0.6) is 5.75 Å². The molecular formula is C13H19N3O3. The van der Waals surface area contributed by atoms with Gasteiger partial charge in [-0.3, -0.25) is 15.0 Å². The Kier molecular flexibility index (Phi) is 4.57. The Hall–Kier alpha value is -1.82. The van der Waals surface area contributed by atoms with Crippen molar-refractivity contribution in [2.75, 3.05) is 32.0 Å². The number of piperidine rings is 1. The third-order valence-electron chi connectivity index (χ3n) is 3.32. The summed E-state index contributed by atoms with van der Waals surface area (Å²) in [6.45, 7) is 3.68. The molecular weight excluding hydrogens is 246 g/mol. The molecule has 6 heteroatoms. The number of hydrogen-bond donors (Lipinski definition) is 1. The number of hydrogen-bond acceptors (Lipinski definition) is 5. The number of nitro benzene ring substituents is 1. The molecule has 2 N–H and O–H groups in total. The molecule has 6 nitrogen and oxygen atoms in total. The lowest BCUT2D eigenvalue weighted by atomic mass is 10.1. The van der Waals surface area contributed by atoms with Gasteiger partial charge in [0, 0.05) is 18.7 Å². The van der Waals surface area contributed by atoms with Gasteiger partial charge in [0.1, 0.15) is 12.4 Å². The molecule has 0 atom stereocenters. The number of likely N-dealkylation sites (tertiary alicyclic amines) is 1. The van der Waals surface area contributed by atoms with Crippen molar-refractivity contribution in [3.63, 3.8) is 0 Å². The van der Waals surface area contributed by atoms with Crippen LogP contribution < -0.4 is 10.5 Å². The highest BCUT2D eigenvalue weighted by Crippen LogP contribution is 2.26. The Morgan fingerprint density at radius 1 is 1.32 bits per heavy atom. The van der Waals surface area contributed by atoms with Crippen molar-refractivity contribution in [2.45, 2.75) is 19.3 Å². The minimum Gasteiger partial charge on any atom is -0.490 e. The predicted molar refractivity (Wildman–Crippen MR) is 73.3 cm³/mol. The fraction of sp³-hybridized carbons (Fsp3) is 0.538. The Bertz CT molecular complexity index is 445. The van der Waals surface area contributed by atoms with Crippen molar-refractivity contribution in [3.05, 3.63) is 28.3 Å². The number of nitrogen functional groups attached to an aromatic ring is 1. The molecule has 0 bridgehead atoms. The third kappa shape index (κ3) is 3.82. The second-order valence-corrected chi connectivity index (χ2v) is 4.73. The molecule has 19 heavy (non-hydrogen) atoms. The van der Waals surface area contributed by atoms with Crippen LogP contribution >= 0.6 is 0 Å². The first kappa shape index (κ1) is 13.6. The summed E-state index contributed by atoms with van der Waals surface area (Å²) in [4.78, 5) is 12.5. The molecule has 1 aromatic carbocycles. The van der Waals surface area contributed by atoms with Crippen molar-refractivity contribution in [2.24, 2.45) is 0 Å². The Morgan fingerprint density at radius 2 is 2.05 bits per heavy atom. The van der Waals surface area contributed by atoms with Gasteiger partial charge in [0.15, 0.2) is 0 Å². The molecule has 0 radical (unpaired) electrons. The molecule has 1 fully saturated rings. The van der Waals surface area contributed by atoms with Gasteiger partial charge in [0.25, 0.3) is 5.69 Å². The fourth-order valence-corrected chi connectivity index (χ4v) is 2.25. The van der Waals surface area contributed by atoms with Crippen molar-refractivity contribution in [1.29, 1.82) is 0 Å². The summed E-state index contributed by atoms with van der Waals surface area (Å²) in [5, 5.41) is 10.6. The number of nitro groups is 1. The van der Waals surface area contributed by atoms with E-state index in [4.69, 9.17) is 10.5 Å². The van der Waals surface area contributed by atoms with E-state index in [0.717, 1.165) is 19.6 Å². The minimum absolute atomic E-state index is 0.0131. The van der Waals surface area contributed by atoms with Crippen molar-refractivity contribution >= 4 is 11.4 Å². The highest BCUT2D eigenvalue weighted by Gasteiger charge is 2.12. The molecule has 1 aliphatic heterocycles. The van der Waals surface area contributed by atoms with Gasteiger partial charge >= 0.3 is 0 Å². The van der Waals surface area contributed by atoms with Crippen LogP contribution in [0.3, 0.4) is 0 Å². The molecule has 104 valence electrons. The van der Waals surface area contributed by atoms with Gasteiger partial charge in [0.2, 0.25) is 0 Å². The summed E-state index contributed by atoms with van der Waals surface area (Å²) in [5.74, 6) is 0.516. The van der Waals surface area contributed by atoms with Crippen LogP contribution in [0.25, 0.3) is 0 Å². The van der Waals surface area contributed by atoms with Crippen LogP contribution in [0.1, 0.15) is 19.3 Å². The van der Waals surface area contributed by atoms with Crippen LogP contribution in [-0.2, 0) is 0 Å². The highest BCUT2D eigenvalue weighted by atomic mass is 16.6. The van der Waals surface area contributed by atoms with Crippen LogP contribution in [-0.4, -0.2) is 36.1 Å². The van der Waals surface area contributed by atoms with Gasteiger partial charge in [0.05, 0.1) is 10.6 Å². The lowest BCUT2D eigenvalue weighted by molar-refractivity contribution is -0.384. The number of benzene rings is 1. The molecule has 0 saturated carbocycles. The van der Waals surface area contributed by atoms with Gasteiger partial charge in [-0.15, -0.1) is 0 Å². The smallest absolute Gasteiger partial charge is 0.271 e. The number of anilines is 1. The van der Waals surface area contributed by atoms with E-state index in [0.29, 0.717) is 18.0 Å². The van der Waals surface area contributed by atoms with Gasteiger partial charge in [-0.25, -0.2) is 0 Å². The monoisotopic (exact) mass is 265 g/mol. The zero-order chi connectivity index (χ0) is 13.7. The summed E-state index contributed by atoms with van der Waals surface area (Å²) < 4.78 is 5.58. The fourth-order valence-electron chi connectivity index (χ4n) is 2.25. The van der Waals surface area contributed by atoms with Gasteiger partial charge in [-0.1, -0.05) is 6.42 Å². The number of non-ortho nitro benzene ring substituents is 1. The molecule has 0 aliphatic carbocycles. The average molecular weight is 265 g/mol. The van der Waals surface area contributed by atoms with E-state index in [2.05, 4.69) is 4.90 Å². The molecule has 0 unspecified atom stereocenters. The van der Waals surface area contributed by atoms with Gasteiger partial charge < -0.3 is 10.5 Å². The average Bonchev–Trinajstić information content (AvgIpc) is 2.41. The van der Waals surface area contributed by atoms with Crippen LogP contribution in [0.15, 0.2) is 18.2 Å². The van der Waals surface area contributed by atoms with Crippen LogP contribution in [0, 0.1) is 10.1 Å². The maximum atomic E-state index is 10.6. The number of nitrogens with two attached hydrogens (primary N) is 1. The van der Waals surface area contributed by atoms with Crippen molar-refractivity contribution in [1.82, 2.24) is 4.90 Å². The lowest BCUT2D eigenvalue weighted by Gasteiger charge is -2.26. The van der Waals surface area contributed by atoms with E-state index in [1.54, 1.807) is 6.07 Å². The Morgan fingerprint density at radius 3 is 2.68 bits per heavy atom. The topological polar surface area (TPSA) is 81.6 Å². The molecule has 1 heterocycles. The second-order valence-electron chi connectivity index (χ2n) is 4.73. The molecule has 2 rings (SSSR count). The largest absolute Gasteiger partial charge is 0.490 e. The van der Waals surface area contributed by atoms with Crippen molar-refractivity contribution in [3.8, 4) is 5.75 Å². The Balaban J connectivity index is 1.83. The van der Waals surface area contributed by atoms with E-state index < -0.39 is 4.92 Å². The quantitative estimate of drug-likeness (QED) is 0.500. The van der Waals surface area contributed by atoms with Crippen LogP contribution in [0.4, 0.5) is 11.4 Å². The summed E-state index contributed by atoms with van der Waals surface area (Å²) in [6.07, 6.45) is 3.81. The maximum absolute atomic E-state index is 10.6. The van der Waals surface area contributed by atoms with E-state index in [-0.39, 0.29) is 5.69 Å². The summed E-state index contributed by atoms with van der Waals surface area (Å²) in [5.41, 5.74) is 6.04. The van der Waals surface area contributed by atoms with E-state index in [1.165, 1.54) is 31.4 Å². The molecule has 0 spiro atoms. The number of ether oxygens (including phenoxy) is 1. The Labute approximate surface area is 112 Å². The normalized spacial score (nSPS) is 16.2. The second kappa shape index (κ2) is 6.38. The molecule has 1 saturated heterocycles. The summed E-state index contributed by atoms with van der Waals surface area (Å²) >= 11 is 0. The zero-order valence-corrected chi connectivity index (χ0v) is 10.9. The predicted octanol–water partition coefficient (Wildman–Crippen LogP) is 2.04. The summed E-state index contributed by atoms with van der Waals surface area (Å²) in [7, 11) is 0. The van der Waals surface area contributed by atoms with E-state index in [9.17, 15) is 10.1 Å².